The number of anilines is 2. The molecular formula is C21H27N5O3. The number of hydrogen-bond donors (Lipinski definition) is 2. The van der Waals surface area contributed by atoms with Gasteiger partial charge in [-0.3, -0.25) is 4.79 Å². The molecule has 29 heavy (non-hydrogen) atoms. The number of aryl methyl sites for hydroxylation is 2. The third-order valence-corrected chi connectivity index (χ3v) is 5.03. The van der Waals surface area contributed by atoms with E-state index in [1.54, 1.807) is 11.8 Å². The lowest BCUT2D eigenvalue weighted by Gasteiger charge is -2.31. The van der Waals surface area contributed by atoms with Gasteiger partial charge in [-0.25, -0.2) is 14.8 Å². The molecular weight excluding hydrogens is 370 g/mol. The lowest BCUT2D eigenvalue weighted by Crippen LogP contribution is -2.42. The Kier molecular flexibility index (Phi) is 6.64. The maximum absolute atomic E-state index is 12.4. The Morgan fingerprint density at radius 2 is 1.83 bits per heavy atom. The highest BCUT2D eigenvalue weighted by atomic mass is 16.6. The molecule has 0 aliphatic carbocycles. The Morgan fingerprint density at radius 3 is 2.45 bits per heavy atom. The third-order valence-electron chi connectivity index (χ3n) is 5.03. The molecule has 1 aromatic heterocycles. The van der Waals surface area contributed by atoms with Crippen LogP contribution in [0.3, 0.4) is 0 Å². The Bertz CT molecular complexity index is 861. The average molecular weight is 397 g/mol. The van der Waals surface area contributed by atoms with Crippen molar-refractivity contribution in [2.24, 2.45) is 0 Å². The molecule has 1 aromatic carbocycles. The van der Waals surface area contributed by atoms with E-state index in [0.717, 1.165) is 24.1 Å². The summed E-state index contributed by atoms with van der Waals surface area (Å²) in [6.45, 7) is 7.48. The normalized spacial score (nSPS) is 14.4. The lowest BCUT2D eigenvalue weighted by molar-refractivity contribution is 0.0982. The first-order valence-corrected chi connectivity index (χ1v) is 9.85. The second-order valence-electron chi connectivity index (χ2n) is 7.15. The highest BCUT2D eigenvalue weighted by Gasteiger charge is 2.24. The van der Waals surface area contributed by atoms with Gasteiger partial charge in [0.25, 0.3) is 5.91 Å². The minimum Gasteiger partial charge on any atom is -0.450 e. The Hall–Kier alpha value is -3.16. The van der Waals surface area contributed by atoms with Crippen molar-refractivity contribution >= 4 is 23.6 Å². The van der Waals surface area contributed by atoms with Crippen molar-refractivity contribution in [3.8, 4) is 0 Å². The molecule has 8 nitrogen and oxygen atoms in total. The quantitative estimate of drug-likeness (QED) is 0.803. The fourth-order valence-electron chi connectivity index (χ4n) is 3.15. The maximum Gasteiger partial charge on any atom is 0.409 e. The monoisotopic (exact) mass is 397 g/mol. The number of carbonyl (C=O) groups is 2. The van der Waals surface area contributed by atoms with E-state index in [4.69, 9.17) is 4.74 Å². The molecule has 0 saturated carbocycles. The van der Waals surface area contributed by atoms with Crippen LogP contribution in [0.5, 0.6) is 0 Å². The van der Waals surface area contributed by atoms with E-state index in [1.165, 1.54) is 18.0 Å². The zero-order valence-electron chi connectivity index (χ0n) is 17.1. The van der Waals surface area contributed by atoms with Gasteiger partial charge in [-0.2, -0.15) is 0 Å². The fraction of sp³-hybridized carbons (Fsp3) is 0.429. The Balaban J connectivity index is 1.52. The number of rotatable bonds is 5. The first-order chi connectivity index (χ1) is 14.0. The van der Waals surface area contributed by atoms with E-state index in [1.807, 2.05) is 32.0 Å². The predicted octanol–water partition coefficient (Wildman–Crippen LogP) is 3.38. The molecule has 8 heteroatoms. The molecule has 1 saturated heterocycles. The smallest absolute Gasteiger partial charge is 0.409 e. The maximum atomic E-state index is 12.4. The topological polar surface area (TPSA) is 96.5 Å². The van der Waals surface area contributed by atoms with Gasteiger partial charge in [-0.1, -0.05) is 6.07 Å². The molecule has 1 aliphatic rings. The summed E-state index contributed by atoms with van der Waals surface area (Å²) in [5.41, 5.74) is 3.43. The van der Waals surface area contributed by atoms with Crippen molar-refractivity contribution in [3.63, 3.8) is 0 Å². The van der Waals surface area contributed by atoms with Crippen LogP contribution in [-0.2, 0) is 4.74 Å². The van der Waals surface area contributed by atoms with E-state index >= 15 is 0 Å². The molecule has 2 aromatic rings. The van der Waals surface area contributed by atoms with Crippen molar-refractivity contribution in [2.45, 2.75) is 39.7 Å². The number of aromatic nitrogens is 2. The van der Waals surface area contributed by atoms with Crippen LogP contribution >= 0.6 is 0 Å². The molecule has 0 bridgehead atoms. The summed E-state index contributed by atoms with van der Waals surface area (Å²) in [4.78, 5) is 34.4. The van der Waals surface area contributed by atoms with Crippen LogP contribution in [0.4, 0.5) is 16.4 Å². The van der Waals surface area contributed by atoms with Crippen LogP contribution in [0.1, 0.15) is 41.3 Å². The zero-order chi connectivity index (χ0) is 20.8. The molecule has 3 rings (SSSR count). The second kappa shape index (κ2) is 9.36. The first kappa shape index (κ1) is 20.6. The number of carbonyl (C=O) groups excluding carboxylic acids is 2. The number of nitrogens with zero attached hydrogens (tertiary/aromatic N) is 3. The van der Waals surface area contributed by atoms with Crippen molar-refractivity contribution in [1.29, 1.82) is 0 Å². The lowest BCUT2D eigenvalue weighted by atomic mass is 10.1. The summed E-state index contributed by atoms with van der Waals surface area (Å²) in [5, 5.41) is 6.13. The minimum atomic E-state index is -0.263. The minimum absolute atomic E-state index is 0.177. The van der Waals surface area contributed by atoms with Gasteiger partial charge in [0.1, 0.15) is 0 Å². The molecule has 0 unspecified atom stereocenters. The highest BCUT2D eigenvalue weighted by Crippen LogP contribution is 2.17. The van der Waals surface area contributed by atoms with Gasteiger partial charge < -0.3 is 20.3 Å². The fourth-order valence-corrected chi connectivity index (χ4v) is 3.15. The van der Waals surface area contributed by atoms with Gasteiger partial charge in [0, 0.05) is 37.2 Å². The number of hydrogen-bond acceptors (Lipinski definition) is 6. The summed E-state index contributed by atoms with van der Waals surface area (Å²) >= 11 is 0. The Morgan fingerprint density at radius 1 is 1.14 bits per heavy atom. The van der Waals surface area contributed by atoms with Gasteiger partial charge >= 0.3 is 6.09 Å². The Labute approximate surface area is 170 Å². The van der Waals surface area contributed by atoms with E-state index < -0.39 is 0 Å². The van der Waals surface area contributed by atoms with Crippen LogP contribution in [0.25, 0.3) is 0 Å². The van der Waals surface area contributed by atoms with Crippen LogP contribution in [0.15, 0.2) is 30.6 Å². The predicted molar refractivity (Wildman–Crippen MR) is 111 cm³/mol. The summed E-state index contributed by atoms with van der Waals surface area (Å²) in [7, 11) is 0. The molecule has 154 valence electrons. The summed E-state index contributed by atoms with van der Waals surface area (Å²) < 4.78 is 5.03. The van der Waals surface area contributed by atoms with E-state index in [2.05, 4.69) is 20.6 Å². The van der Waals surface area contributed by atoms with E-state index in [-0.39, 0.29) is 18.0 Å². The summed E-state index contributed by atoms with van der Waals surface area (Å²) in [6, 6.07) is 5.96. The SMILES string of the molecule is CCOC(=O)N1CCC(Nc2ncc(C(=O)Nc3ccc(C)c(C)c3)cn2)CC1. The largest absolute Gasteiger partial charge is 0.450 e. The number of piperidine rings is 1. The highest BCUT2D eigenvalue weighted by molar-refractivity contribution is 6.03. The molecule has 2 heterocycles. The number of amides is 2. The second-order valence-corrected chi connectivity index (χ2v) is 7.15. The van der Waals surface area contributed by atoms with Crippen LogP contribution in [0.2, 0.25) is 0 Å². The number of benzene rings is 1. The number of ether oxygens (including phenoxy) is 1. The van der Waals surface area contributed by atoms with Gasteiger partial charge in [0.2, 0.25) is 5.95 Å². The molecule has 0 atom stereocenters. The van der Waals surface area contributed by atoms with Crippen molar-refractivity contribution in [1.82, 2.24) is 14.9 Å². The molecule has 1 aliphatic heterocycles. The van der Waals surface area contributed by atoms with Crippen molar-refractivity contribution in [3.05, 3.63) is 47.3 Å². The van der Waals surface area contributed by atoms with Gasteiger partial charge in [0.15, 0.2) is 0 Å². The van der Waals surface area contributed by atoms with Gasteiger partial charge in [0.05, 0.1) is 12.2 Å². The zero-order valence-corrected chi connectivity index (χ0v) is 17.1. The summed E-state index contributed by atoms with van der Waals surface area (Å²) in [5.74, 6) is 0.227. The average Bonchev–Trinajstić information content (AvgIpc) is 2.72. The molecule has 0 radical (unpaired) electrons. The number of likely N-dealkylation sites (tertiary alicyclic amines) is 1. The molecule has 1 fully saturated rings. The van der Waals surface area contributed by atoms with Gasteiger partial charge in [-0.05, 0) is 56.9 Å². The molecule has 0 spiro atoms. The van der Waals surface area contributed by atoms with Crippen LogP contribution < -0.4 is 10.6 Å². The van der Waals surface area contributed by atoms with E-state index in [0.29, 0.717) is 31.2 Å². The van der Waals surface area contributed by atoms with E-state index in [9.17, 15) is 9.59 Å². The standard InChI is InChI=1S/C21H27N5O3/c1-4-29-21(28)26-9-7-17(8-10-26)25-20-22-12-16(13-23-20)19(27)24-18-6-5-14(2)15(3)11-18/h5-6,11-13,17H,4,7-10H2,1-3H3,(H,24,27)(H,22,23,25). The van der Waals surface area contributed by atoms with Crippen LogP contribution in [-0.4, -0.2) is 52.6 Å². The molecule has 2 N–H and O–H groups in total. The third kappa shape index (κ3) is 5.43. The summed E-state index contributed by atoms with van der Waals surface area (Å²) in [6.07, 6.45) is 4.34. The number of nitrogens with one attached hydrogen (secondary N) is 2. The van der Waals surface area contributed by atoms with Crippen molar-refractivity contribution in [2.75, 3.05) is 30.3 Å². The molecule has 2 amide bonds. The first-order valence-electron chi connectivity index (χ1n) is 9.85. The van der Waals surface area contributed by atoms with Gasteiger partial charge in [-0.15, -0.1) is 0 Å². The van der Waals surface area contributed by atoms with Crippen LogP contribution in [0, 0.1) is 13.8 Å². The van der Waals surface area contributed by atoms with Crippen molar-refractivity contribution < 1.29 is 14.3 Å².